The minimum atomic E-state index is -3.66. The Labute approximate surface area is 182 Å². The standard InChI is InChI=1S/C21H29N3O4S2/c1-13-12-29-21(26)24(13)11-19(25)22-7-9-23(10-8-22)30(27,28)20-17(5)15(3)14(2)16(4)18(20)6/h12H,7-11H2,1-6H3. The number of thiazole rings is 1. The van der Waals surface area contributed by atoms with Crippen molar-refractivity contribution in [2.24, 2.45) is 0 Å². The van der Waals surface area contributed by atoms with E-state index in [9.17, 15) is 18.0 Å². The maximum atomic E-state index is 13.4. The Morgan fingerprint density at radius 2 is 1.40 bits per heavy atom. The Kier molecular flexibility index (Phi) is 6.27. The van der Waals surface area contributed by atoms with Gasteiger partial charge in [-0.15, -0.1) is 0 Å². The first-order valence-electron chi connectivity index (χ1n) is 9.96. The number of carbonyl (C=O) groups excluding carboxylic acids is 1. The second kappa shape index (κ2) is 8.28. The zero-order valence-electron chi connectivity index (χ0n) is 18.4. The summed E-state index contributed by atoms with van der Waals surface area (Å²) in [6.45, 7) is 12.6. The summed E-state index contributed by atoms with van der Waals surface area (Å²) < 4.78 is 29.8. The van der Waals surface area contributed by atoms with E-state index in [4.69, 9.17) is 0 Å². The van der Waals surface area contributed by atoms with Crippen molar-refractivity contribution in [1.29, 1.82) is 0 Å². The number of aromatic nitrogens is 1. The fraction of sp³-hybridized carbons (Fsp3) is 0.524. The highest BCUT2D eigenvalue weighted by Crippen LogP contribution is 2.31. The van der Waals surface area contributed by atoms with Gasteiger partial charge in [-0.1, -0.05) is 11.3 Å². The largest absolute Gasteiger partial charge is 0.338 e. The van der Waals surface area contributed by atoms with Gasteiger partial charge in [-0.25, -0.2) is 8.42 Å². The average Bonchev–Trinajstić information content (AvgIpc) is 3.02. The summed E-state index contributed by atoms with van der Waals surface area (Å²) in [6.07, 6.45) is 0. The van der Waals surface area contributed by atoms with E-state index in [0.29, 0.717) is 18.0 Å². The zero-order chi connectivity index (χ0) is 22.4. The second-order valence-corrected chi connectivity index (χ2v) is 10.7. The highest BCUT2D eigenvalue weighted by molar-refractivity contribution is 7.89. The number of hydrogen-bond donors (Lipinski definition) is 0. The number of benzene rings is 1. The lowest BCUT2D eigenvalue weighted by Gasteiger charge is -2.35. The molecule has 164 valence electrons. The van der Waals surface area contributed by atoms with E-state index in [0.717, 1.165) is 44.8 Å². The van der Waals surface area contributed by atoms with Crippen LogP contribution in [0.5, 0.6) is 0 Å². The lowest BCUT2D eigenvalue weighted by atomic mass is 9.95. The third kappa shape index (κ3) is 3.86. The van der Waals surface area contributed by atoms with Crippen LogP contribution >= 0.6 is 11.3 Å². The zero-order valence-corrected chi connectivity index (χ0v) is 20.0. The third-order valence-corrected chi connectivity index (χ3v) is 9.44. The molecule has 1 fully saturated rings. The molecule has 0 N–H and O–H groups in total. The molecule has 0 spiro atoms. The lowest BCUT2D eigenvalue weighted by molar-refractivity contribution is -0.133. The molecular weight excluding hydrogens is 422 g/mol. The van der Waals surface area contributed by atoms with Gasteiger partial charge in [0.15, 0.2) is 0 Å². The Morgan fingerprint density at radius 3 is 1.87 bits per heavy atom. The van der Waals surface area contributed by atoms with Crippen molar-refractivity contribution in [1.82, 2.24) is 13.8 Å². The highest BCUT2D eigenvalue weighted by Gasteiger charge is 2.33. The second-order valence-electron chi connectivity index (χ2n) is 7.97. The topological polar surface area (TPSA) is 79.7 Å². The number of sulfonamides is 1. The van der Waals surface area contributed by atoms with Crippen LogP contribution in [0.25, 0.3) is 0 Å². The SMILES string of the molecule is Cc1c(C)c(C)c(S(=O)(=O)N2CCN(C(=O)Cn3c(C)csc3=O)CC2)c(C)c1C. The van der Waals surface area contributed by atoms with Gasteiger partial charge in [0.05, 0.1) is 4.90 Å². The Bertz CT molecular complexity index is 1120. The van der Waals surface area contributed by atoms with Crippen LogP contribution in [0.2, 0.25) is 0 Å². The molecule has 1 aromatic carbocycles. The van der Waals surface area contributed by atoms with Gasteiger partial charge < -0.3 is 4.90 Å². The van der Waals surface area contributed by atoms with Gasteiger partial charge in [0.1, 0.15) is 6.54 Å². The molecule has 7 nitrogen and oxygen atoms in total. The van der Waals surface area contributed by atoms with Crippen molar-refractivity contribution in [2.75, 3.05) is 26.2 Å². The smallest absolute Gasteiger partial charge is 0.307 e. The fourth-order valence-electron chi connectivity index (χ4n) is 3.99. The molecule has 0 aliphatic carbocycles. The minimum absolute atomic E-state index is 0.00448. The van der Waals surface area contributed by atoms with Crippen molar-refractivity contribution < 1.29 is 13.2 Å². The maximum Gasteiger partial charge on any atom is 0.307 e. The summed E-state index contributed by atoms with van der Waals surface area (Å²) in [4.78, 5) is 26.4. The summed E-state index contributed by atoms with van der Waals surface area (Å²) in [7, 11) is -3.66. The third-order valence-electron chi connectivity index (χ3n) is 6.39. The molecule has 1 aliphatic heterocycles. The predicted molar refractivity (Wildman–Crippen MR) is 119 cm³/mol. The highest BCUT2D eigenvalue weighted by atomic mass is 32.2. The Balaban J connectivity index is 1.78. The number of nitrogens with zero attached hydrogens (tertiary/aromatic N) is 3. The van der Waals surface area contributed by atoms with Gasteiger partial charge in [0.25, 0.3) is 0 Å². The van der Waals surface area contributed by atoms with E-state index < -0.39 is 10.0 Å². The molecule has 30 heavy (non-hydrogen) atoms. The van der Waals surface area contributed by atoms with Crippen LogP contribution in [-0.4, -0.2) is 54.3 Å². The Hall–Kier alpha value is -1.97. The van der Waals surface area contributed by atoms with Crippen molar-refractivity contribution in [3.63, 3.8) is 0 Å². The first kappa shape index (κ1) is 22.7. The van der Waals surface area contributed by atoms with E-state index in [-0.39, 0.29) is 30.4 Å². The first-order valence-corrected chi connectivity index (χ1v) is 12.3. The maximum absolute atomic E-state index is 13.4. The number of carbonyl (C=O) groups is 1. The normalized spacial score (nSPS) is 15.6. The fourth-order valence-corrected chi connectivity index (χ4v) is 6.71. The molecule has 2 heterocycles. The number of amides is 1. The van der Waals surface area contributed by atoms with Gasteiger partial charge in [-0.05, 0) is 69.4 Å². The van der Waals surface area contributed by atoms with Crippen molar-refractivity contribution in [3.05, 3.63) is 48.6 Å². The van der Waals surface area contributed by atoms with E-state index in [2.05, 4.69) is 0 Å². The number of aryl methyl sites for hydroxylation is 1. The van der Waals surface area contributed by atoms with Crippen LogP contribution in [0.15, 0.2) is 15.1 Å². The quantitative estimate of drug-likeness (QED) is 0.714. The van der Waals surface area contributed by atoms with Crippen molar-refractivity contribution in [3.8, 4) is 0 Å². The van der Waals surface area contributed by atoms with Crippen molar-refractivity contribution >= 4 is 27.3 Å². The summed E-state index contributed by atoms with van der Waals surface area (Å²) in [6, 6.07) is 0. The summed E-state index contributed by atoms with van der Waals surface area (Å²) in [5.74, 6) is -0.162. The summed E-state index contributed by atoms with van der Waals surface area (Å²) in [5, 5.41) is 1.73. The molecule has 0 unspecified atom stereocenters. The van der Waals surface area contributed by atoms with Crippen LogP contribution in [-0.2, 0) is 21.4 Å². The molecule has 1 aliphatic rings. The van der Waals surface area contributed by atoms with E-state index in [1.807, 2.05) is 34.6 Å². The molecule has 9 heteroatoms. The van der Waals surface area contributed by atoms with E-state index >= 15 is 0 Å². The van der Waals surface area contributed by atoms with Crippen LogP contribution in [0.1, 0.15) is 33.5 Å². The van der Waals surface area contributed by atoms with Crippen LogP contribution in [0.3, 0.4) is 0 Å². The molecule has 0 atom stereocenters. The Morgan fingerprint density at radius 1 is 0.900 bits per heavy atom. The molecule has 2 aromatic rings. The predicted octanol–water partition coefficient (Wildman–Crippen LogP) is 2.29. The van der Waals surface area contributed by atoms with E-state index in [1.165, 1.54) is 8.87 Å². The van der Waals surface area contributed by atoms with Gasteiger partial charge in [0.2, 0.25) is 15.9 Å². The monoisotopic (exact) mass is 451 g/mol. The molecule has 1 amide bonds. The van der Waals surface area contributed by atoms with Crippen LogP contribution in [0, 0.1) is 41.5 Å². The molecule has 0 saturated carbocycles. The number of hydrogen-bond acceptors (Lipinski definition) is 5. The molecule has 1 aromatic heterocycles. The summed E-state index contributed by atoms with van der Waals surface area (Å²) in [5.41, 5.74) is 5.47. The van der Waals surface area contributed by atoms with E-state index in [1.54, 1.807) is 17.2 Å². The molecule has 0 radical (unpaired) electrons. The first-order chi connectivity index (χ1) is 14.0. The molecule has 1 saturated heterocycles. The average molecular weight is 452 g/mol. The van der Waals surface area contributed by atoms with Gasteiger partial charge in [-0.2, -0.15) is 4.31 Å². The number of piperazine rings is 1. The molecule has 3 rings (SSSR count). The minimum Gasteiger partial charge on any atom is -0.338 e. The van der Waals surface area contributed by atoms with Crippen LogP contribution < -0.4 is 4.87 Å². The lowest BCUT2D eigenvalue weighted by Crippen LogP contribution is -2.51. The van der Waals surface area contributed by atoms with Crippen molar-refractivity contribution in [2.45, 2.75) is 53.0 Å². The van der Waals surface area contributed by atoms with Gasteiger partial charge >= 0.3 is 4.87 Å². The van der Waals surface area contributed by atoms with Gasteiger partial charge in [0, 0.05) is 37.3 Å². The van der Waals surface area contributed by atoms with Crippen LogP contribution in [0.4, 0.5) is 0 Å². The number of rotatable bonds is 4. The summed E-state index contributed by atoms with van der Waals surface area (Å²) >= 11 is 1.08. The molecule has 0 bridgehead atoms. The van der Waals surface area contributed by atoms with Gasteiger partial charge in [-0.3, -0.25) is 14.2 Å². The molecular formula is C21H29N3O4S2.